The van der Waals surface area contributed by atoms with Crippen LogP contribution in [0.2, 0.25) is 0 Å². The van der Waals surface area contributed by atoms with Crippen molar-refractivity contribution in [2.75, 3.05) is 5.32 Å². The molecule has 0 unspecified atom stereocenters. The summed E-state index contributed by atoms with van der Waals surface area (Å²) in [5.41, 5.74) is 0.539. The number of hydrogen-bond acceptors (Lipinski definition) is 8. The lowest BCUT2D eigenvalue weighted by molar-refractivity contribution is -0.393. The SMILES string of the molecule is O=[N+]([O-])c1c(Sc2nnc(NC3CC3)s2)nc2ccccn12. The number of pyridine rings is 1. The van der Waals surface area contributed by atoms with Gasteiger partial charge in [-0.3, -0.25) is 0 Å². The molecule has 22 heavy (non-hydrogen) atoms. The minimum absolute atomic E-state index is 0.0486. The van der Waals surface area contributed by atoms with E-state index >= 15 is 0 Å². The van der Waals surface area contributed by atoms with Gasteiger partial charge in [0.1, 0.15) is 0 Å². The Morgan fingerprint density at radius 3 is 3.05 bits per heavy atom. The molecule has 0 saturated heterocycles. The molecule has 3 heterocycles. The van der Waals surface area contributed by atoms with Crippen LogP contribution in [0.25, 0.3) is 5.65 Å². The topological polar surface area (TPSA) is 98.2 Å². The Hall–Kier alpha value is -2.20. The van der Waals surface area contributed by atoms with E-state index in [1.165, 1.54) is 27.5 Å². The molecule has 0 radical (unpaired) electrons. The fourth-order valence-corrected chi connectivity index (χ4v) is 3.84. The van der Waals surface area contributed by atoms with E-state index in [0.717, 1.165) is 18.0 Å². The monoisotopic (exact) mass is 334 g/mol. The first kappa shape index (κ1) is 13.5. The summed E-state index contributed by atoms with van der Waals surface area (Å²) in [5, 5.41) is 23.8. The first-order valence-electron chi connectivity index (χ1n) is 6.60. The van der Waals surface area contributed by atoms with Crippen molar-refractivity contribution in [2.24, 2.45) is 0 Å². The number of nitro groups is 1. The van der Waals surface area contributed by atoms with Crippen molar-refractivity contribution in [3.05, 3.63) is 34.5 Å². The van der Waals surface area contributed by atoms with Gasteiger partial charge in [0.15, 0.2) is 4.34 Å². The van der Waals surface area contributed by atoms with Crippen molar-refractivity contribution < 1.29 is 4.92 Å². The van der Waals surface area contributed by atoms with Gasteiger partial charge in [0.25, 0.3) is 0 Å². The van der Waals surface area contributed by atoms with Crippen LogP contribution in [-0.4, -0.2) is 30.5 Å². The summed E-state index contributed by atoms with van der Waals surface area (Å²) in [4.78, 5) is 15.2. The fourth-order valence-electron chi connectivity index (χ4n) is 1.99. The lowest BCUT2D eigenvalue weighted by atomic mass is 10.5. The van der Waals surface area contributed by atoms with Crippen molar-refractivity contribution in [1.29, 1.82) is 0 Å². The Balaban J connectivity index is 1.66. The number of aromatic nitrogens is 4. The molecule has 112 valence electrons. The number of fused-ring (bicyclic) bond motifs is 1. The summed E-state index contributed by atoms with van der Waals surface area (Å²) in [7, 11) is 0. The lowest BCUT2D eigenvalue weighted by Crippen LogP contribution is -1.99. The van der Waals surface area contributed by atoms with Gasteiger partial charge >= 0.3 is 5.82 Å². The fraction of sp³-hybridized carbons (Fsp3) is 0.250. The smallest absolute Gasteiger partial charge is 0.358 e. The molecule has 3 aromatic rings. The molecule has 3 aromatic heterocycles. The highest BCUT2D eigenvalue weighted by Gasteiger charge is 2.26. The molecular weight excluding hydrogens is 324 g/mol. The largest absolute Gasteiger partial charge is 0.362 e. The van der Waals surface area contributed by atoms with Gasteiger partial charge in [0.2, 0.25) is 15.8 Å². The van der Waals surface area contributed by atoms with Gasteiger partial charge < -0.3 is 15.4 Å². The van der Waals surface area contributed by atoms with Crippen molar-refractivity contribution in [2.45, 2.75) is 28.2 Å². The van der Waals surface area contributed by atoms with Crippen LogP contribution in [0.4, 0.5) is 10.9 Å². The minimum Gasteiger partial charge on any atom is -0.358 e. The third-order valence-electron chi connectivity index (χ3n) is 3.14. The molecular formula is C12H10N6O2S2. The molecule has 0 aliphatic heterocycles. The van der Waals surface area contributed by atoms with E-state index in [-0.39, 0.29) is 5.82 Å². The Morgan fingerprint density at radius 1 is 1.41 bits per heavy atom. The zero-order chi connectivity index (χ0) is 15.1. The quantitative estimate of drug-likeness (QED) is 0.566. The molecule has 10 heteroatoms. The predicted octanol–water partition coefficient (Wildman–Crippen LogP) is 2.82. The molecule has 0 amide bonds. The summed E-state index contributed by atoms with van der Waals surface area (Å²) >= 11 is 2.55. The van der Waals surface area contributed by atoms with Crippen molar-refractivity contribution >= 4 is 39.7 Å². The van der Waals surface area contributed by atoms with Gasteiger partial charge in [-0.15, -0.1) is 10.2 Å². The molecule has 0 bridgehead atoms. The molecule has 1 N–H and O–H groups in total. The van der Waals surface area contributed by atoms with Gasteiger partial charge in [-0.1, -0.05) is 17.4 Å². The molecule has 1 aliphatic rings. The summed E-state index contributed by atoms with van der Waals surface area (Å²) < 4.78 is 2.10. The van der Waals surface area contributed by atoms with Gasteiger partial charge in [-0.25, -0.2) is 0 Å². The molecule has 1 fully saturated rings. The van der Waals surface area contributed by atoms with E-state index < -0.39 is 4.92 Å². The highest BCUT2D eigenvalue weighted by Crippen LogP contribution is 2.37. The average Bonchev–Trinajstić information content (AvgIpc) is 3.06. The molecule has 4 rings (SSSR count). The maximum atomic E-state index is 11.3. The van der Waals surface area contributed by atoms with Gasteiger partial charge in [0.05, 0.1) is 6.20 Å². The second kappa shape index (κ2) is 5.21. The number of imidazole rings is 1. The number of hydrogen-bond donors (Lipinski definition) is 1. The Labute approximate surface area is 132 Å². The third kappa shape index (κ3) is 2.50. The number of rotatable bonds is 5. The maximum Gasteiger partial charge on any atom is 0.362 e. The molecule has 0 aromatic carbocycles. The molecule has 0 spiro atoms. The average molecular weight is 334 g/mol. The number of nitrogens with one attached hydrogen (secondary N) is 1. The summed E-state index contributed by atoms with van der Waals surface area (Å²) in [6.07, 6.45) is 3.94. The van der Waals surface area contributed by atoms with Gasteiger partial charge in [-0.2, -0.15) is 9.38 Å². The summed E-state index contributed by atoms with van der Waals surface area (Å²) in [6, 6.07) is 5.76. The van der Waals surface area contributed by atoms with Crippen LogP contribution >= 0.6 is 23.1 Å². The Morgan fingerprint density at radius 2 is 2.27 bits per heavy atom. The zero-order valence-corrected chi connectivity index (χ0v) is 12.8. The number of anilines is 1. The van der Waals surface area contributed by atoms with Gasteiger partial charge in [-0.05, 0) is 35.6 Å². The maximum absolute atomic E-state index is 11.3. The minimum atomic E-state index is -0.424. The lowest BCUT2D eigenvalue weighted by Gasteiger charge is -1.95. The Kier molecular flexibility index (Phi) is 3.19. The van der Waals surface area contributed by atoms with Crippen LogP contribution in [0.15, 0.2) is 33.8 Å². The standard InChI is InChI=1S/C12H10N6O2S2/c19-18(20)10-9(14-8-3-1-2-6-17(8)10)21-12-16-15-11(22-12)13-7-4-5-7/h1-3,6-7H,4-5H2,(H,13,15). The normalized spacial score (nSPS) is 14.4. The van der Waals surface area contributed by atoms with Crippen molar-refractivity contribution in [1.82, 2.24) is 19.6 Å². The highest BCUT2D eigenvalue weighted by atomic mass is 32.2. The third-order valence-corrected chi connectivity index (χ3v) is 5.01. The van der Waals surface area contributed by atoms with Crippen LogP contribution in [-0.2, 0) is 0 Å². The summed E-state index contributed by atoms with van der Waals surface area (Å²) in [5.74, 6) is -0.0486. The van der Waals surface area contributed by atoms with Crippen LogP contribution < -0.4 is 5.32 Å². The molecule has 1 aliphatic carbocycles. The van der Waals surface area contributed by atoms with Crippen LogP contribution in [0.5, 0.6) is 0 Å². The predicted molar refractivity (Wildman–Crippen MR) is 82.5 cm³/mol. The van der Waals surface area contributed by atoms with Crippen molar-refractivity contribution in [3.63, 3.8) is 0 Å². The molecule has 8 nitrogen and oxygen atoms in total. The van der Waals surface area contributed by atoms with Gasteiger partial charge in [0, 0.05) is 12.1 Å². The summed E-state index contributed by atoms with van der Waals surface area (Å²) in [6.45, 7) is 0. The first-order chi connectivity index (χ1) is 10.7. The second-order valence-electron chi connectivity index (χ2n) is 4.82. The Bertz CT molecular complexity index is 856. The van der Waals surface area contributed by atoms with E-state index in [1.54, 1.807) is 24.4 Å². The second-order valence-corrected chi connectivity index (χ2v) is 7.03. The molecule has 1 saturated carbocycles. The van der Waals surface area contributed by atoms with Crippen molar-refractivity contribution in [3.8, 4) is 0 Å². The first-order valence-corrected chi connectivity index (χ1v) is 8.23. The van der Waals surface area contributed by atoms with E-state index in [2.05, 4.69) is 20.5 Å². The van der Waals surface area contributed by atoms with E-state index in [0.29, 0.717) is 21.1 Å². The highest BCUT2D eigenvalue weighted by molar-refractivity contribution is 8.01. The molecule has 0 atom stereocenters. The van der Waals surface area contributed by atoms with E-state index in [9.17, 15) is 10.1 Å². The number of nitrogens with zero attached hydrogens (tertiary/aromatic N) is 5. The van der Waals surface area contributed by atoms with Crippen LogP contribution in [0.3, 0.4) is 0 Å². The zero-order valence-electron chi connectivity index (χ0n) is 11.2. The van der Waals surface area contributed by atoms with E-state index in [1.807, 2.05) is 0 Å². The van der Waals surface area contributed by atoms with Crippen LogP contribution in [0.1, 0.15) is 12.8 Å². The van der Waals surface area contributed by atoms with E-state index in [4.69, 9.17) is 0 Å². The van der Waals surface area contributed by atoms with Crippen LogP contribution in [0, 0.1) is 10.1 Å².